The van der Waals surface area contributed by atoms with E-state index in [1.165, 1.54) is 25.3 Å². The summed E-state index contributed by atoms with van der Waals surface area (Å²) in [5, 5.41) is 11.1. The molecule has 3 nitrogen and oxygen atoms in total. The average molecular weight is 251 g/mol. The maximum atomic E-state index is 12.1. The Morgan fingerprint density at radius 1 is 1.44 bits per heavy atom. The number of oxime groups is 1. The predicted molar refractivity (Wildman–Crippen MR) is 54.3 cm³/mol. The van der Waals surface area contributed by atoms with Gasteiger partial charge in [0.25, 0.3) is 0 Å². The minimum atomic E-state index is -4.35. The lowest BCUT2D eigenvalue weighted by atomic mass is 10.2. The SMILES string of the molecule is COc1ccc(SC(F)(F)F)cc1/C=N/O. The average Bonchev–Trinajstić information content (AvgIpc) is 2.16. The van der Waals surface area contributed by atoms with Gasteiger partial charge in [0.05, 0.1) is 13.3 Å². The van der Waals surface area contributed by atoms with Gasteiger partial charge in [0, 0.05) is 10.5 Å². The zero-order valence-corrected chi connectivity index (χ0v) is 8.97. The monoisotopic (exact) mass is 251 g/mol. The number of halogens is 3. The molecular formula is C9H8F3NO2S. The molecular weight excluding hydrogens is 243 g/mol. The number of ether oxygens (including phenoxy) is 1. The Labute approximate surface area is 93.9 Å². The molecule has 0 saturated heterocycles. The summed E-state index contributed by atoms with van der Waals surface area (Å²) >= 11 is -0.239. The van der Waals surface area contributed by atoms with Gasteiger partial charge < -0.3 is 9.94 Å². The van der Waals surface area contributed by atoms with E-state index in [2.05, 4.69) is 5.16 Å². The van der Waals surface area contributed by atoms with Gasteiger partial charge in [0.1, 0.15) is 5.75 Å². The topological polar surface area (TPSA) is 41.8 Å². The van der Waals surface area contributed by atoms with Gasteiger partial charge in [-0.25, -0.2) is 0 Å². The first kappa shape index (κ1) is 12.7. The number of alkyl halides is 3. The summed E-state index contributed by atoms with van der Waals surface area (Å²) in [4.78, 5) is 0.00296. The van der Waals surface area contributed by atoms with Gasteiger partial charge in [-0.3, -0.25) is 0 Å². The Balaban J connectivity index is 3.02. The van der Waals surface area contributed by atoms with Crippen LogP contribution in [-0.2, 0) is 0 Å². The molecule has 0 saturated carbocycles. The van der Waals surface area contributed by atoms with E-state index < -0.39 is 5.51 Å². The molecule has 0 heterocycles. The van der Waals surface area contributed by atoms with Crippen LogP contribution >= 0.6 is 11.8 Å². The molecule has 0 fully saturated rings. The molecule has 7 heteroatoms. The van der Waals surface area contributed by atoms with Crippen LogP contribution in [0.25, 0.3) is 0 Å². The Morgan fingerprint density at radius 2 is 2.12 bits per heavy atom. The highest BCUT2D eigenvalue weighted by Gasteiger charge is 2.29. The smallest absolute Gasteiger partial charge is 0.446 e. The lowest BCUT2D eigenvalue weighted by Crippen LogP contribution is -2.00. The van der Waals surface area contributed by atoms with Crippen LogP contribution in [0.1, 0.15) is 5.56 Å². The number of nitrogens with zero attached hydrogens (tertiary/aromatic N) is 1. The van der Waals surface area contributed by atoms with Crippen molar-refractivity contribution in [3.05, 3.63) is 23.8 Å². The second-order valence-electron chi connectivity index (χ2n) is 2.70. The van der Waals surface area contributed by atoms with E-state index in [1.807, 2.05) is 0 Å². The van der Waals surface area contributed by atoms with Crippen LogP contribution in [0.3, 0.4) is 0 Å². The summed E-state index contributed by atoms with van der Waals surface area (Å²) in [6, 6.07) is 3.90. The van der Waals surface area contributed by atoms with E-state index in [9.17, 15) is 13.2 Å². The third-order valence-electron chi connectivity index (χ3n) is 1.63. The van der Waals surface area contributed by atoms with Crippen molar-refractivity contribution >= 4 is 18.0 Å². The number of thioether (sulfide) groups is 1. The van der Waals surface area contributed by atoms with E-state index in [4.69, 9.17) is 9.94 Å². The molecule has 0 amide bonds. The van der Waals surface area contributed by atoms with Crippen LogP contribution in [-0.4, -0.2) is 24.0 Å². The van der Waals surface area contributed by atoms with Crippen molar-refractivity contribution in [2.24, 2.45) is 5.16 Å². The molecule has 1 N–H and O–H groups in total. The normalized spacial score (nSPS) is 12.0. The Bertz CT molecular complexity index is 393. The highest BCUT2D eigenvalue weighted by Crippen LogP contribution is 2.38. The van der Waals surface area contributed by atoms with Crippen LogP contribution in [0.4, 0.5) is 13.2 Å². The first-order chi connectivity index (χ1) is 7.46. The first-order valence-corrected chi connectivity index (χ1v) is 4.89. The van der Waals surface area contributed by atoms with Gasteiger partial charge in [0.15, 0.2) is 0 Å². The highest BCUT2D eigenvalue weighted by atomic mass is 32.2. The second kappa shape index (κ2) is 5.11. The summed E-state index contributed by atoms with van der Waals surface area (Å²) < 4.78 is 41.2. The van der Waals surface area contributed by atoms with Gasteiger partial charge in [-0.15, -0.1) is 0 Å². The minimum Gasteiger partial charge on any atom is -0.496 e. The van der Waals surface area contributed by atoms with Crippen molar-refractivity contribution < 1.29 is 23.1 Å². The summed E-state index contributed by atoms with van der Waals surface area (Å²) in [7, 11) is 1.38. The fourth-order valence-electron chi connectivity index (χ4n) is 1.07. The molecule has 0 aliphatic rings. The van der Waals surface area contributed by atoms with Gasteiger partial charge in [0.2, 0.25) is 0 Å². The summed E-state index contributed by atoms with van der Waals surface area (Å²) in [5.41, 5.74) is -4.07. The lowest BCUT2D eigenvalue weighted by molar-refractivity contribution is -0.0328. The fraction of sp³-hybridized carbons (Fsp3) is 0.222. The number of rotatable bonds is 3. The van der Waals surface area contributed by atoms with Crippen molar-refractivity contribution in [3.8, 4) is 5.75 Å². The maximum absolute atomic E-state index is 12.1. The van der Waals surface area contributed by atoms with E-state index >= 15 is 0 Å². The zero-order chi connectivity index (χ0) is 12.2. The quantitative estimate of drug-likeness (QED) is 0.388. The molecule has 0 bridgehead atoms. The van der Waals surface area contributed by atoms with E-state index in [-0.39, 0.29) is 22.2 Å². The van der Waals surface area contributed by atoms with Crippen molar-refractivity contribution in [3.63, 3.8) is 0 Å². The molecule has 0 aliphatic heterocycles. The maximum Gasteiger partial charge on any atom is 0.446 e. The van der Waals surface area contributed by atoms with Crippen LogP contribution in [0.15, 0.2) is 28.3 Å². The van der Waals surface area contributed by atoms with Gasteiger partial charge in [-0.1, -0.05) is 5.16 Å². The third-order valence-corrected chi connectivity index (χ3v) is 2.35. The largest absolute Gasteiger partial charge is 0.496 e. The van der Waals surface area contributed by atoms with Crippen LogP contribution in [0.5, 0.6) is 5.75 Å². The van der Waals surface area contributed by atoms with Crippen LogP contribution in [0, 0.1) is 0 Å². The molecule has 1 aromatic rings. The lowest BCUT2D eigenvalue weighted by Gasteiger charge is -2.08. The number of methoxy groups -OCH3 is 1. The van der Waals surface area contributed by atoms with Crippen LogP contribution in [0.2, 0.25) is 0 Å². The van der Waals surface area contributed by atoms with E-state index in [0.29, 0.717) is 5.75 Å². The fourth-order valence-corrected chi connectivity index (χ4v) is 1.66. The second-order valence-corrected chi connectivity index (χ2v) is 3.83. The Morgan fingerprint density at radius 3 is 2.62 bits per heavy atom. The first-order valence-electron chi connectivity index (χ1n) is 4.07. The molecule has 0 radical (unpaired) electrons. The summed E-state index contributed by atoms with van der Waals surface area (Å²) in [6.07, 6.45) is 1.01. The summed E-state index contributed by atoms with van der Waals surface area (Å²) in [5.74, 6) is 0.337. The molecule has 16 heavy (non-hydrogen) atoms. The minimum absolute atomic E-state index is 0.00296. The predicted octanol–water partition coefficient (Wildman–Crippen LogP) is 3.12. The van der Waals surface area contributed by atoms with Gasteiger partial charge in [-0.05, 0) is 30.0 Å². The Kier molecular flexibility index (Phi) is 4.05. The molecule has 88 valence electrons. The molecule has 0 atom stereocenters. The molecule has 1 rings (SSSR count). The van der Waals surface area contributed by atoms with Crippen molar-refractivity contribution in [2.45, 2.75) is 10.4 Å². The Hall–Kier alpha value is -1.37. The number of benzene rings is 1. The molecule has 0 unspecified atom stereocenters. The zero-order valence-electron chi connectivity index (χ0n) is 8.15. The molecule has 0 spiro atoms. The van der Waals surface area contributed by atoms with Crippen molar-refractivity contribution in [1.82, 2.24) is 0 Å². The van der Waals surface area contributed by atoms with E-state index in [0.717, 1.165) is 6.21 Å². The van der Waals surface area contributed by atoms with Gasteiger partial charge in [-0.2, -0.15) is 13.2 Å². The van der Waals surface area contributed by atoms with Crippen molar-refractivity contribution in [1.29, 1.82) is 0 Å². The van der Waals surface area contributed by atoms with Crippen molar-refractivity contribution in [2.75, 3.05) is 7.11 Å². The third kappa shape index (κ3) is 3.65. The molecule has 0 aromatic heterocycles. The van der Waals surface area contributed by atoms with Crippen LogP contribution < -0.4 is 4.74 Å². The number of hydrogen-bond donors (Lipinski definition) is 1. The van der Waals surface area contributed by atoms with Gasteiger partial charge >= 0.3 is 5.51 Å². The molecule has 0 aliphatic carbocycles. The standard InChI is InChI=1S/C9H8F3NO2S/c1-15-8-3-2-7(16-9(10,11)12)4-6(8)5-13-14/h2-5,14H,1H3/b13-5+. The highest BCUT2D eigenvalue weighted by molar-refractivity contribution is 8.00. The number of hydrogen-bond acceptors (Lipinski definition) is 4. The van der Waals surface area contributed by atoms with E-state index in [1.54, 1.807) is 0 Å². The molecule has 1 aromatic carbocycles. The summed E-state index contributed by atoms with van der Waals surface area (Å²) in [6.45, 7) is 0.